The van der Waals surface area contributed by atoms with E-state index in [-0.39, 0.29) is 5.56 Å². The largest absolute Gasteiger partial charge is 0.478 e. The fourth-order valence-electron chi connectivity index (χ4n) is 1.76. The van der Waals surface area contributed by atoms with Gasteiger partial charge in [0.2, 0.25) is 0 Å². The van der Waals surface area contributed by atoms with Gasteiger partial charge in [0.1, 0.15) is 17.1 Å². The Labute approximate surface area is 107 Å². The molecule has 102 valence electrons. The second-order valence-corrected chi connectivity index (χ2v) is 4.54. The molecule has 0 aliphatic carbocycles. The van der Waals surface area contributed by atoms with Gasteiger partial charge in [-0.05, 0) is 26.8 Å². The first-order chi connectivity index (χ1) is 8.45. The lowest BCUT2D eigenvalue weighted by molar-refractivity contribution is 0.0695. The van der Waals surface area contributed by atoms with Crippen LogP contribution in [0.15, 0.2) is 10.5 Å². The van der Waals surface area contributed by atoms with Crippen molar-refractivity contribution in [3.8, 4) is 0 Å². The summed E-state index contributed by atoms with van der Waals surface area (Å²) in [7, 11) is 1.66. The Morgan fingerprint density at radius 2 is 2.22 bits per heavy atom. The number of nitrogens with zero attached hydrogens (tertiary/aromatic N) is 1. The first-order valence-electron chi connectivity index (χ1n) is 6.01. The summed E-state index contributed by atoms with van der Waals surface area (Å²) in [5, 5.41) is 8.97. The van der Waals surface area contributed by atoms with E-state index < -0.39 is 5.97 Å². The summed E-state index contributed by atoms with van der Waals surface area (Å²) in [4.78, 5) is 13.1. The molecule has 5 heteroatoms. The maximum Gasteiger partial charge on any atom is 0.339 e. The van der Waals surface area contributed by atoms with Gasteiger partial charge in [-0.15, -0.1) is 0 Å². The number of carboxylic acid groups (broad SMARTS) is 1. The van der Waals surface area contributed by atoms with Crippen molar-refractivity contribution in [1.82, 2.24) is 4.90 Å². The zero-order chi connectivity index (χ0) is 13.7. The Kier molecular flexibility index (Phi) is 5.37. The molecule has 0 atom stereocenters. The number of carbonyl (C=O) groups is 1. The van der Waals surface area contributed by atoms with Crippen LogP contribution >= 0.6 is 0 Å². The molecule has 0 saturated heterocycles. The molecule has 0 aliphatic heterocycles. The zero-order valence-electron chi connectivity index (χ0n) is 11.4. The number of hydrogen-bond acceptors (Lipinski definition) is 4. The van der Waals surface area contributed by atoms with Crippen LogP contribution < -0.4 is 0 Å². The lowest BCUT2D eigenvalue weighted by atomic mass is 10.2. The van der Waals surface area contributed by atoms with Gasteiger partial charge in [-0.1, -0.05) is 0 Å². The minimum atomic E-state index is -0.949. The third-order valence-corrected chi connectivity index (χ3v) is 2.87. The summed E-state index contributed by atoms with van der Waals surface area (Å²) < 4.78 is 10.5. The minimum absolute atomic E-state index is 0.237. The van der Waals surface area contributed by atoms with Crippen LogP contribution in [0.25, 0.3) is 0 Å². The second kappa shape index (κ2) is 6.56. The monoisotopic (exact) mass is 255 g/mol. The van der Waals surface area contributed by atoms with Crippen LogP contribution in [0.5, 0.6) is 0 Å². The highest BCUT2D eigenvalue weighted by molar-refractivity contribution is 5.88. The molecular weight excluding hydrogens is 234 g/mol. The summed E-state index contributed by atoms with van der Waals surface area (Å²) in [5.41, 5.74) is 0.237. The number of hydrogen-bond donors (Lipinski definition) is 1. The molecule has 1 heterocycles. The molecule has 0 radical (unpaired) electrons. The molecule has 0 unspecified atom stereocenters. The Hall–Kier alpha value is -1.33. The summed E-state index contributed by atoms with van der Waals surface area (Å²) >= 11 is 0. The number of aryl methyl sites for hydroxylation is 1. The van der Waals surface area contributed by atoms with Gasteiger partial charge in [-0.3, -0.25) is 4.90 Å². The maximum atomic E-state index is 10.9. The van der Waals surface area contributed by atoms with Crippen molar-refractivity contribution in [2.24, 2.45) is 0 Å². The summed E-state index contributed by atoms with van der Waals surface area (Å²) in [6, 6.07) is 1.94. The maximum absolute atomic E-state index is 10.9. The Balaban J connectivity index is 2.74. The van der Waals surface area contributed by atoms with E-state index in [0.29, 0.717) is 30.7 Å². The summed E-state index contributed by atoms with van der Waals surface area (Å²) in [6.45, 7) is 7.87. The number of carboxylic acids is 1. The first kappa shape index (κ1) is 14.7. The van der Waals surface area contributed by atoms with Crippen molar-refractivity contribution in [2.45, 2.75) is 33.4 Å². The first-order valence-corrected chi connectivity index (χ1v) is 6.01. The fraction of sp³-hybridized carbons (Fsp3) is 0.615. The van der Waals surface area contributed by atoms with Crippen molar-refractivity contribution in [2.75, 3.05) is 20.3 Å². The topological polar surface area (TPSA) is 62.9 Å². The van der Waals surface area contributed by atoms with E-state index in [1.165, 1.54) is 0 Å². The predicted molar refractivity (Wildman–Crippen MR) is 67.8 cm³/mol. The molecule has 1 aromatic heterocycles. The fourth-order valence-corrected chi connectivity index (χ4v) is 1.76. The van der Waals surface area contributed by atoms with Gasteiger partial charge in [0.15, 0.2) is 0 Å². The molecule has 0 fully saturated rings. The van der Waals surface area contributed by atoms with Crippen LogP contribution in [-0.4, -0.2) is 42.3 Å². The standard InChI is InChI=1S/C13H21NO4/c1-9(2)14(5-6-17-4)8-11-7-12(13(15)16)10(3)18-11/h7,9H,5-6,8H2,1-4H3,(H,15,16). The van der Waals surface area contributed by atoms with Gasteiger partial charge in [-0.2, -0.15) is 0 Å². The third kappa shape index (κ3) is 3.85. The molecular formula is C13H21NO4. The van der Waals surface area contributed by atoms with Gasteiger partial charge in [0, 0.05) is 19.7 Å². The van der Waals surface area contributed by atoms with Crippen LogP contribution in [0.4, 0.5) is 0 Å². The van der Waals surface area contributed by atoms with E-state index in [1.54, 1.807) is 20.1 Å². The van der Waals surface area contributed by atoms with Crippen LogP contribution in [0.2, 0.25) is 0 Å². The van der Waals surface area contributed by atoms with E-state index in [0.717, 1.165) is 6.54 Å². The highest BCUT2D eigenvalue weighted by Crippen LogP contribution is 2.17. The van der Waals surface area contributed by atoms with E-state index >= 15 is 0 Å². The predicted octanol–water partition coefficient (Wildman–Crippen LogP) is 2.14. The molecule has 0 bridgehead atoms. The van der Waals surface area contributed by atoms with Crippen molar-refractivity contribution in [3.63, 3.8) is 0 Å². The van der Waals surface area contributed by atoms with E-state index in [9.17, 15) is 4.79 Å². The molecule has 0 saturated carbocycles. The van der Waals surface area contributed by atoms with Crippen molar-refractivity contribution in [1.29, 1.82) is 0 Å². The highest BCUT2D eigenvalue weighted by atomic mass is 16.5. The number of rotatable bonds is 7. The molecule has 1 aromatic rings. The molecule has 0 amide bonds. The van der Waals surface area contributed by atoms with Crippen LogP contribution in [0, 0.1) is 6.92 Å². The number of furan rings is 1. The third-order valence-electron chi connectivity index (χ3n) is 2.87. The normalized spacial score (nSPS) is 11.4. The quantitative estimate of drug-likeness (QED) is 0.808. The van der Waals surface area contributed by atoms with Crippen molar-refractivity contribution < 1.29 is 19.1 Å². The van der Waals surface area contributed by atoms with Crippen LogP contribution in [-0.2, 0) is 11.3 Å². The highest BCUT2D eigenvalue weighted by Gasteiger charge is 2.17. The SMILES string of the molecule is COCCN(Cc1cc(C(=O)O)c(C)o1)C(C)C. The van der Waals surface area contributed by atoms with Gasteiger partial charge < -0.3 is 14.3 Å². The smallest absolute Gasteiger partial charge is 0.339 e. The molecule has 0 aromatic carbocycles. The van der Waals surface area contributed by atoms with Crippen LogP contribution in [0.3, 0.4) is 0 Å². The molecule has 1 N–H and O–H groups in total. The van der Waals surface area contributed by atoms with Crippen molar-refractivity contribution >= 4 is 5.97 Å². The Morgan fingerprint density at radius 3 is 2.67 bits per heavy atom. The van der Waals surface area contributed by atoms with Gasteiger partial charge in [-0.25, -0.2) is 4.79 Å². The molecule has 18 heavy (non-hydrogen) atoms. The number of aromatic carboxylic acids is 1. The van der Waals surface area contributed by atoms with E-state index in [2.05, 4.69) is 18.7 Å². The number of ether oxygens (including phenoxy) is 1. The molecule has 5 nitrogen and oxygen atoms in total. The van der Waals surface area contributed by atoms with Crippen LogP contribution in [0.1, 0.15) is 35.7 Å². The Morgan fingerprint density at radius 1 is 1.56 bits per heavy atom. The van der Waals surface area contributed by atoms with Crippen molar-refractivity contribution in [3.05, 3.63) is 23.2 Å². The average Bonchev–Trinajstić information content (AvgIpc) is 2.65. The Bertz CT molecular complexity index is 398. The van der Waals surface area contributed by atoms with E-state index in [1.807, 2.05) is 0 Å². The lowest BCUT2D eigenvalue weighted by Gasteiger charge is -2.24. The number of methoxy groups -OCH3 is 1. The average molecular weight is 255 g/mol. The summed E-state index contributed by atoms with van der Waals surface area (Å²) in [5.74, 6) is 0.179. The van der Waals surface area contributed by atoms with E-state index in [4.69, 9.17) is 14.3 Å². The van der Waals surface area contributed by atoms with Gasteiger partial charge in [0.05, 0.1) is 13.2 Å². The lowest BCUT2D eigenvalue weighted by Crippen LogP contribution is -2.33. The molecule has 0 aliphatic rings. The molecule has 1 rings (SSSR count). The van der Waals surface area contributed by atoms with Gasteiger partial charge in [0.25, 0.3) is 0 Å². The zero-order valence-corrected chi connectivity index (χ0v) is 11.4. The minimum Gasteiger partial charge on any atom is -0.478 e. The summed E-state index contributed by atoms with van der Waals surface area (Å²) in [6.07, 6.45) is 0. The second-order valence-electron chi connectivity index (χ2n) is 4.54. The van der Waals surface area contributed by atoms with Gasteiger partial charge >= 0.3 is 5.97 Å². The molecule has 0 spiro atoms.